The molecule has 0 fully saturated rings. The molecule has 0 aliphatic heterocycles. The Morgan fingerprint density at radius 3 is 2.46 bits per heavy atom. The molecule has 0 heterocycles. The lowest BCUT2D eigenvalue weighted by Crippen LogP contribution is -2.27. The number of ether oxygens (including phenoxy) is 1. The zero-order valence-electron chi connectivity index (χ0n) is 14.8. The molecule has 2 N–H and O–H groups in total. The smallest absolute Gasteiger partial charge is 0.255 e. The number of sulfonamides is 1. The van der Waals surface area contributed by atoms with E-state index >= 15 is 0 Å². The van der Waals surface area contributed by atoms with Crippen LogP contribution in [0.2, 0.25) is 0 Å². The van der Waals surface area contributed by atoms with Crippen molar-refractivity contribution in [2.75, 3.05) is 25.6 Å². The summed E-state index contributed by atoms with van der Waals surface area (Å²) in [5.74, 6) is -0.946. The molecule has 0 radical (unpaired) electrons. The van der Waals surface area contributed by atoms with Crippen molar-refractivity contribution in [3.05, 3.63) is 58.9 Å². The third kappa shape index (κ3) is 4.87. The third-order valence-corrected chi connectivity index (χ3v) is 5.25. The number of rotatable bonds is 7. The highest BCUT2D eigenvalue weighted by Gasteiger charge is 2.18. The minimum atomic E-state index is -3.76. The van der Waals surface area contributed by atoms with E-state index in [1.807, 2.05) is 0 Å². The number of nitrogens with one attached hydrogen (secondary N) is 2. The zero-order chi connectivity index (χ0) is 19.3. The Kier molecular flexibility index (Phi) is 6.47. The highest BCUT2D eigenvalue weighted by molar-refractivity contribution is 7.89. The predicted molar refractivity (Wildman–Crippen MR) is 97.3 cm³/mol. The molecule has 140 valence electrons. The maximum absolute atomic E-state index is 13.6. The Morgan fingerprint density at radius 1 is 1.12 bits per heavy atom. The molecule has 0 unspecified atom stereocenters. The van der Waals surface area contributed by atoms with Gasteiger partial charge in [-0.25, -0.2) is 17.5 Å². The van der Waals surface area contributed by atoms with E-state index in [1.54, 1.807) is 32.0 Å². The molecular formula is C18H21FN2O4S. The number of methoxy groups -OCH3 is 1. The Balaban J connectivity index is 2.25. The average Bonchev–Trinajstić information content (AvgIpc) is 2.58. The summed E-state index contributed by atoms with van der Waals surface area (Å²) in [6.45, 7) is 3.67. The van der Waals surface area contributed by atoms with Crippen LogP contribution in [0.5, 0.6) is 0 Å². The van der Waals surface area contributed by atoms with Crippen LogP contribution in [0.3, 0.4) is 0 Å². The first-order valence-electron chi connectivity index (χ1n) is 7.91. The molecule has 26 heavy (non-hydrogen) atoms. The SMILES string of the molecule is COCCNS(=O)(=O)c1ccc(C)c(C(=O)Nc2ccc(C)c(F)c2)c1. The van der Waals surface area contributed by atoms with Crippen LogP contribution in [0.4, 0.5) is 10.1 Å². The van der Waals surface area contributed by atoms with Crippen molar-refractivity contribution >= 4 is 21.6 Å². The number of hydrogen-bond donors (Lipinski definition) is 2. The standard InChI is InChI=1S/C18H21FN2O4S/c1-12-5-7-15(26(23,24)20-8-9-25-3)11-16(12)18(22)21-14-6-4-13(2)17(19)10-14/h4-7,10-11,20H,8-9H2,1-3H3,(H,21,22). The molecular weight excluding hydrogens is 359 g/mol. The first-order chi connectivity index (χ1) is 12.2. The van der Waals surface area contributed by atoms with E-state index in [1.165, 1.54) is 25.3 Å². The van der Waals surface area contributed by atoms with Gasteiger partial charge in [-0.1, -0.05) is 12.1 Å². The van der Waals surface area contributed by atoms with Gasteiger partial charge in [-0.3, -0.25) is 4.79 Å². The molecule has 1 amide bonds. The second-order valence-electron chi connectivity index (χ2n) is 5.79. The van der Waals surface area contributed by atoms with Crippen LogP contribution in [-0.4, -0.2) is 34.6 Å². The second-order valence-corrected chi connectivity index (χ2v) is 7.55. The number of carbonyl (C=O) groups is 1. The average molecular weight is 380 g/mol. The second kappa shape index (κ2) is 8.39. The molecule has 0 spiro atoms. The van der Waals surface area contributed by atoms with Crippen molar-refractivity contribution in [1.82, 2.24) is 4.72 Å². The van der Waals surface area contributed by atoms with Crippen LogP contribution < -0.4 is 10.0 Å². The summed E-state index contributed by atoms with van der Waals surface area (Å²) in [4.78, 5) is 12.5. The normalized spacial score (nSPS) is 11.4. The van der Waals surface area contributed by atoms with E-state index in [9.17, 15) is 17.6 Å². The van der Waals surface area contributed by atoms with Crippen LogP contribution in [0.1, 0.15) is 21.5 Å². The van der Waals surface area contributed by atoms with Crippen molar-refractivity contribution in [3.63, 3.8) is 0 Å². The van der Waals surface area contributed by atoms with Gasteiger partial charge in [0.1, 0.15) is 5.82 Å². The van der Waals surface area contributed by atoms with Gasteiger partial charge in [0.05, 0.1) is 11.5 Å². The summed E-state index contributed by atoms with van der Waals surface area (Å²) in [6, 6.07) is 8.62. The Hall–Kier alpha value is -2.29. The first kappa shape index (κ1) is 20.0. The van der Waals surface area contributed by atoms with Crippen LogP contribution in [-0.2, 0) is 14.8 Å². The number of benzene rings is 2. The van der Waals surface area contributed by atoms with Gasteiger partial charge in [0, 0.05) is 24.9 Å². The van der Waals surface area contributed by atoms with E-state index in [-0.39, 0.29) is 23.6 Å². The maximum atomic E-state index is 13.6. The van der Waals surface area contributed by atoms with Gasteiger partial charge >= 0.3 is 0 Å². The van der Waals surface area contributed by atoms with Gasteiger partial charge in [-0.2, -0.15) is 0 Å². The molecule has 0 aromatic heterocycles. The minimum absolute atomic E-state index is 0.0283. The van der Waals surface area contributed by atoms with Crippen LogP contribution in [0, 0.1) is 19.7 Å². The van der Waals surface area contributed by atoms with E-state index in [4.69, 9.17) is 4.74 Å². The number of halogens is 1. The van der Waals surface area contributed by atoms with Crippen molar-refractivity contribution < 1.29 is 22.3 Å². The molecule has 8 heteroatoms. The lowest BCUT2D eigenvalue weighted by Gasteiger charge is -2.11. The molecule has 0 bridgehead atoms. The molecule has 2 aromatic rings. The maximum Gasteiger partial charge on any atom is 0.255 e. The molecule has 6 nitrogen and oxygen atoms in total. The summed E-state index contributed by atoms with van der Waals surface area (Å²) in [7, 11) is -2.29. The number of aryl methyl sites for hydroxylation is 2. The fourth-order valence-corrected chi connectivity index (χ4v) is 3.28. The lowest BCUT2D eigenvalue weighted by atomic mass is 10.1. The van der Waals surface area contributed by atoms with Crippen LogP contribution in [0.15, 0.2) is 41.3 Å². The molecule has 2 aromatic carbocycles. The van der Waals surface area contributed by atoms with Gasteiger partial charge in [0.15, 0.2) is 0 Å². The van der Waals surface area contributed by atoms with Gasteiger partial charge < -0.3 is 10.1 Å². The summed E-state index contributed by atoms with van der Waals surface area (Å²) in [5, 5.41) is 2.58. The van der Waals surface area contributed by atoms with E-state index in [2.05, 4.69) is 10.0 Å². The van der Waals surface area contributed by atoms with Gasteiger partial charge in [0.2, 0.25) is 10.0 Å². The number of hydrogen-bond acceptors (Lipinski definition) is 4. The topological polar surface area (TPSA) is 84.5 Å². The fourth-order valence-electron chi connectivity index (χ4n) is 2.24. The third-order valence-electron chi connectivity index (χ3n) is 3.79. The van der Waals surface area contributed by atoms with Crippen molar-refractivity contribution in [3.8, 4) is 0 Å². The van der Waals surface area contributed by atoms with Gasteiger partial charge in [-0.15, -0.1) is 0 Å². The van der Waals surface area contributed by atoms with Crippen LogP contribution in [0.25, 0.3) is 0 Å². The number of amides is 1. The highest BCUT2D eigenvalue weighted by Crippen LogP contribution is 2.19. The molecule has 0 aliphatic rings. The molecule has 2 rings (SSSR count). The van der Waals surface area contributed by atoms with E-state index < -0.39 is 21.7 Å². The molecule has 0 atom stereocenters. The largest absolute Gasteiger partial charge is 0.383 e. The molecule has 0 saturated heterocycles. The van der Waals surface area contributed by atoms with Crippen molar-refractivity contribution in [1.29, 1.82) is 0 Å². The van der Waals surface area contributed by atoms with Crippen LogP contribution >= 0.6 is 0 Å². The van der Waals surface area contributed by atoms with E-state index in [0.717, 1.165) is 0 Å². The summed E-state index contributed by atoms with van der Waals surface area (Å²) in [6.07, 6.45) is 0. The van der Waals surface area contributed by atoms with Crippen molar-refractivity contribution in [2.45, 2.75) is 18.7 Å². The predicted octanol–water partition coefficient (Wildman–Crippen LogP) is 2.62. The number of carbonyl (C=O) groups excluding carboxylic acids is 1. The summed E-state index contributed by atoms with van der Waals surface area (Å²) in [5.41, 5.74) is 1.56. The Morgan fingerprint density at radius 2 is 1.81 bits per heavy atom. The number of anilines is 1. The molecule has 0 saturated carbocycles. The zero-order valence-corrected chi connectivity index (χ0v) is 15.6. The Bertz CT molecular complexity index is 913. The highest BCUT2D eigenvalue weighted by atomic mass is 32.2. The Labute approximate surface area is 152 Å². The quantitative estimate of drug-likeness (QED) is 0.723. The molecule has 0 aliphatic carbocycles. The first-order valence-corrected chi connectivity index (χ1v) is 9.39. The van der Waals surface area contributed by atoms with Crippen molar-refractivity contribution in [2.24, 2.45) is 0 Å². The summed E-state index contributed by atoms with van der Waals surface area (Å²) >= 11 is 0. The monoisotopic (exact) mass is 380 g/mol. The van der Waals surface area contributed by atoms with E-state index in [0.29, 0.717) is 16.8 Å². The fraction of sp³-hybridized carbons (Fsp3) is 0.278. The van der Waals surface area contributed by atoms with Gasteiger partial charge in [0.25, 0.3) is 5.91 Å². The lowest BCUT2D eigenvalue weighted by molar-refractivity contribution is 0.102. The minimum Gasteiger partial charge on any atom is -0.383 e. The van der Waals surface area contributed by atoms with Gasteiger partial charge in [-0.05, 0) is 49.2 Å². The summed E-state index contributed by atoms with van der Waals surface area (Å²) < 4.78 is 45.4.